The van der Waals surface area contributed by atoms with Gasteiger partial charge in [-0.1, -0.05) is 26.0 Å². The third-order valence-corrected chi connectivity index (χ3v) is 2.74. The van der Waals surface area contributed by atoms with Gasteiger partial charge in [0.05, 0.1) is 0 Å². The predicted octanol–water partition coefficient (Wildman–Crippen LogP) is 2.17. The van der Waals surface area contributed by atoms with E-state index in [1.165, 1.54) is 11.1 Å². The molecule has 1 heterocycles. The van der Waals surface area contributed by atoms with E-state index in [-0.39, 0.29) is 5.91 Å². The van der Waals surface area contributed by atoms with E-state index >= 15 is 0 Å². The lowest BCUT2D eigenvalue weighted by atomic mass is 9.94. The number of carbonyl (C=O) groups is 1. The quantitative estimate of drug-likeness (QED) is 0.784. The van der Waals surface area contributed by atoms with Gasteiger partial charge in [-0.25, -0.2) is 0 Å². The van der Waals surface area contributed by atoms with E-state index in [0.717, 1.165) is 24.9 Å². The summed E-state index contributed by atoms with van der Waals surface area (Å²) in [6.45, 7) is 5.20. The minimum atomic E-state index is 0.0762. The van der Waals surface area contributed by atoms with Crippen LogP contribution in [0.3, 0.4) is 0 Å². The van der Waals surface area contributed by atoms with Crippen LogP contribution in [0.1, 0.15) is 35.3 Å². The summed E-state index contributed by atoms with van der Waals surface area (Å²) in [6, 6.07) is 6.22. The number of amides is 1. The Morgan fingerprint density at radius 3 is 2.93 bits per heavy atom. The zero-order chi connectivity index (χ0) is 10.8. The molecule has 1 aromatic carbocycles. The van der Waals surface area contributed by atoms with Gasteiger partial charge < -0.3 is 5.32 Å². The molecule has 2 rings (SSSR count). The molecular formula is C13H17NO. The summed E-state index contributed by atoms with van der Waals surface area (Å²) in [5.41, 5.74) is 3.41. The first-order valence-electron chi connectivity index (χ1n) is 5.57. The molecule has 2 heteroatoms. The molecule has 15 heavy (non-hydrogen) atoms. The van der Waals surface area contributed by atoms with E-state index in [9.17, 15) is 4.79 Å². The zero-order valence-corrected chi connectivity index (χ0v) is 9.34. The van der Waals surface area contributed by atoms with Crippen LogP contribution in [0.2, 0.25) is 0 Å². The molecule has 0 fully saturated rings. The molecule has 0 unspecified atom stereocenters. The van der Waals surface area contributed by atoms with Gasteiger partial charge in [0.15, 0.2) is 0 Å². The molecule has 1 aromatic rings. The standard InChI is InChI=1S/C13H17NO/c1-9(2)7-10-3-4-12-11(8-10)5-6-14-13(12)15/h3-4,8-9H,5-7H2,1-2H3,(H,14,15). The van der Waals surface area contributed by atoms with Gasteiger partial charge in [-0.05, 0) is 36.0 Å². The average Bonchev–Trinajstić information content (AvgIpc) is 2.17. The van der Waals surface area contributed by atoms with Crippen LogP contribution in [0.4, 0.5) is 0 Å². The normalized spacial score (nSPS) is 15.0. The van der Waals surface area contributed by atoms with Crippen molar-refractivity contribution < 1.29 is 4.79 Å². The van der Waals surface area contributed by atoms with Crippen molar-refractivity contribution in [3.63, 3.8) is 0 Å². The first kappa shape index (κ1) is 10.2. The number of hydrogen-bond donors (Lipinski definition) is 1. The Balaban J connectivity index is 2.29. The van der Waals surface area contributed by atoms with E-state index < -0.39 is 0 Å². The highest BCUT2D eigenvalue weighted by Crippen LogP contribution is 2.17. The van der Waals surface area contributed by atoms with E-state index in [1.807, 2.05) is 6.07 Å². The van der Waals surface area contributed by atoms with Crippen LogP contribution in [0, 0.1) is 5.92 Å². The Labute approximate surface area is 90.7 Å². The second kappa shape index (κ2) is 4.05. The molecule has 0 spiro atoms. The molecule has 0 atom stereocenters. The molecule has 0 saturated heterocycles. The number of nitrogens with one attached hydrogen (secondary N) is 1. The summed E-state index contributed by atoms with van der Waals surface area (Å²) in [6.07, 6.45) is 2.06. The smallest absolute Gasteiger partial charge is 0.251 e. The van der Waals surface area contributed by atoms with Crippen molar-refractivity contribution in [1.29, 1.82) is 0 Å². The van der Waals surface area contributed by atoms with Gasteiger partial charge in [-0.15, -0.1) is 0 Å². The highest BCUT2D eigenvalue weighted by atomic mass is 16.1. The first-order valence-corrected chi connectivity index (χ1v) is 5.57. The molecule has 80 valence electrons. The summed E-state index contributed by atoms with van der Waals surface area (Å²) in [5.74, 6) is 0.743. The monoisotopic (exact) mass is 203 g/mol. The van der Waals surface area contributed by atoms with Gasteiger partial charge >= 0.3 is 0 Å². The van der Waals surface area contributed by atoms with Gasteiger partial charge in [0.2, 0.25) is 0 Å². The fourth-order valence-electron chi connectivity index (χ4n) is 2.08. The van der Waals surface area contributed by atoms with Gasteiger partial charge in [0, 0.05) is 12.1 Å². The van der Waals surface area contributed by atoms with Crippen molar-refractivity contribution in [3.8, 4) is 0 Å². The van der Waals surface area contributed by atoms with Crippen LogP contribution in [-0.4, -0.2) is 12.5 Å². The van der Waals surface area contributed by atoms with E-state index in [1.54, 1.807) is 0 Å². The van der Waals surface area contributed by atoms with Gasteiger partial charge in [0.25, 0.3) is 5.91 Å². The van der Waals surface area contributed by atoms with Crippen molar-refractivity contribution in [1.82, 2.24) is 5.32 Å². The maximum atomic E-state index is 11.5. The number of fused-ring (bicyclic) bond motifs is 1. The van der Waals surface area contributed by atoms with Gasteiger partial charge in [0.1, 0.15) is 0 Å². The minimum Gasteiger partial charge on any atom is -0.352 e. The maximum absolute atomic E-state index is 11.5. The average molecular weight is 203 g/mol. The molecule has 1 aliphatic rings. The Morgan fingerprint density at radius 2 is 2.20 bits per heavy atom. The second-order valence-corrected chi connectivity index (χ2v) is 4.60. The molecular weight excluding hydrogens is 186 g/mol. The van der Waals surface area contributed by atoms with Crippen LogP contribution in [-0.2, 0) is 12.8 Å². The van der Waals surface area contributed by atoms with E-state index in [4.69, 9.17) is 0 Å². The van der Waals surface area contributed by atoms with E-state index in [2.05, 4.69) is 31.3 Å². The van der Waals surface area contributed by atoms with Gasteiger partial charge in [-0.3, -0.25) is 4.79 Å². The molecule has 0 aromatic heterocycles. The largest absolute Gasteiger partial charge is 0.352 e. The highest BCUT2D eigenvalue weighted by molar-refractivity contribution is 5.96. The van der Waals surface area contributed by atoms with Crippen molar-refractivity contribution in [2.24, 2.45) is 5.92 Å². The Morgan fingerprint density at radius 1 is 1.40 bits per heavy atom. The summed E-state index contributed by atoms with van der Waals surface area (Å²) in [7, 11) is 0. The number of hydrogen-bond acceptors (Lipinski definition) is 1. The summed E-state index contributed by atoms with van der Waals surface area (Å²) in [5, 5.41) is 2.86. The van der Waals surface area contributed by atoms with Crippen LogP contribution < -0.4 is 5.32 Å². The fraction of sp³-hybridized carbons (Fsp3) is 0.462. The SMILES string of the molecule is CC(C)Cc1ccc2c(c1)CCNC2=O. The summed E-state index contributed by atoms with van der Waals surface area (Å²) < 4.78 is 0. The second-order valence-electron chi connectivity index (χ2n) is 4.60. The lowest BCUT2D eigenvalue weighted by Gasteiger charge is -2.17. The van der Waals surface area contributed by atoms with Crippen molar-refractivity contribution in [2.75, 3.05) is 6.54 Å². The molecule has 0 saturated carbocycles. The minimum absolute atomic E-state index is 0.0762. The molecule has 0 aliphatic carbocycles. The lowest BCUT2D eigenvalue weighted by Crippen LogP contribution is -2.31. The van der Waals surface area contributed by atoms with Crippen molar-refractivity contribution in [2.45, 2.75) is 26.7 Å². The van der Waals surface area contributed by atoms with Gasteiger partial charge in [-0.2, -0.15) is 0 Å². The van der Waals surface area contributed by atoms with E-state index in [0.29, 0.717) is 5.92 Å². The third kappa shape index (κ3) is 2.20. The number of carbonyl (C=O) groups excluding carboxylic acids is 1. The van der Waals surface area contributed by atoms with Crippen LogP contribution in [0.15, 0.2) is 18.2 Å². The molecule has 1 aliphatic heterocycles. The Kier molecular flexibility index (Phi) is 2.76. The van der Waals surface area contributed by atoms with Crippen LogP contribution in [0.5, 0.6) is 0 Å². The third-order valence-electron chi connectivity index (χ3n) is 2.74. The van der Waals surface area contributed by atoms with Crippen LogP contribution in [0.25, 0.3) is 0 Å². The fourth-order valence-corrected chi connectivity index (χ4v) is 2.08. The number of rotatable bonds is 2. The Hall–Kier alpha value is -1.31. The first-order chi connectivity index (χ1) is 7.16. The van der Waals surface area contributed by atoms with Crippen molar-refractivity contribution in [3.05, 3.63) is 34.9 Å². The molecule has 1 N–H and O–H groups in total. The van der Waals surface area contributed by atoms with Crippen LogP contribution >= 0.6 is 0 Å². The number of benzene rings is 1. The summed E-state index contributed by atoms with van der Waals surface area (Å²) >= 11 is 0. The zero-order valence-electron chi connectivity index (χ0n) is 9.34. The lowest BCUT2D eigenvalue weighted by molar-refractivity contribution is 0.0946. The molecule has 2 nitrogen and oxygen atoms in total. The maximum Gasteiger partial charge on any atom is 0.251 e. The Bertz CT molecular complexity index is 382. The predicted molar refractivity (Wildman–Crippen MR) is 61.0 cm³/mol. The molecule has 0 radical (unpaired) electrons. The van der Waals surface area contributed by atoms with Crippen molar-refractivity contribution >= 4 is 5.91 Å². The summed E-state index contributed by atoms with van der Waals surface area (Å²) in [4.78, 5) is 11.5. The topological polar surface area (TPSA) is 29.1 Å². The highest BCUT2D eigenvalue weighted by Gasteiger charge is 2.16. The molecule has 1 amide bonds. The molecule has 0 bridgehead atoms.